The van der Waals surface area contributed by atoms with Crippen molar-refractivity contribution in [3.63, 3.8) is 0 Å². The van der Waals surface area contributed by atoms with Crippen molar-refractivity contribution in [2.45, 2.75) is 37.2 Å². The van der Waals surface area contributed by atoms with Gasteiger partial charge in [-0.1, -0.05) is 30.0 Å². The molecule has 0 radical (unpaired) electrons. The number of likely N-dealkylation sites (N-methyl/N-ethyl adjacent to an activating group) is 1. The van der Waals surface area contributed by atoms with Crippen LogP contribution in [0.2, 0.25) is 0 Å². The fourth-order valence-corrected chi connectivity index (χ4v) is 6.92. The van der Waals surface area contributed by atoms with Crippen LogP contribution in [0.1, 0.15) is 25.0 Å². The summed E-state index contributed by atoms with van der Waals surface area (Å²) in [6.07, 6.45) is 3.67. The molecule has 2 amide bonds. The number of amides is 2. The molecule has 172 valence electrons. The van der Waals surface area contributed by atoms with E-state index in [2.05, 4.69) is 5.32 Å². The highest BCUT2D eigenvalue weighted by Crippen LogP contribution is 2.51. The van der Waals surface area contributed by atoms with Gasteiger partial charge in [0.25, 0.3) is 18.5 Å². The van der Waals surface area contributed by atoms with Crippen LogP contribution in [0.3, 0.4) is 0 Å². The first kappa shape index (κ1) is 22.8. The highest BCUT2D eigenvalue weighted by molar-refractivity contribution is 7.98. The van der Waals surface area contributed by atoms with Crippen LogP contribution < -0.4 is 15.0 Å². The summed E-state index contributed by atoms with van der Waals surface area (Å²) < 4.78 is 8.90. The third-order valence-corrected chi connectivity index (χ3v) is 8.20. The van der Waals surface area contributed by atoms with Crippen LogP contribution in [0.15, 0.2) is 23.2 Å². The van der Waals surface area contributed by atoms with E-state index in [4.69, 9.17) is 4.74 Å². The number of rotatable bonds is 7. The van der Waals surface area contributed by atoms with Crippen molar-refractivity contribution in [3.8, 4) is 0 Å². The molecule has 12 heteroatoms. The number of fused-ring (bicyclic) bond motifs is 2. The summed E-state index contributed by atoms with van der Waals surface area (Å²) in [5.41, 5.74) is 0.390. The minimum absolute atomic E-state index is 0.132. The largest absolute Gasteiger partial charge is 0.543 e. The molecule has 0 aliphatic carbocycles. The summed E-state index contributed by atoms with van der Waals surface area (Å²) >= 11 is 2.80. The fourth-order valence-electron chi connectivity index (χ4n) is 4.74. The smallest absolute Gasteiger partial charge is 0.294 e. The van der Waals surface area contributed by atoms with Crippen LogP contribution in [-0.4, -0.2) is 64.7 Å². The van der Waals surface area contributed by atoms with Gasteiger partial charge in [0.05, 0.1) is 34.6 Å². The molecule has 0 aromatic carbocycles. The van der Waals surface area contributed by atoms with Crippen LogP contribution in [0, 0.1) is 11.8 Å². The van der Waals surface area contributed by atoms with Gasteiger partial charge in [0.1, 0.15) is 6.20 Å². The number of hydrogen-bond acceptors (Lipinski definition) is 8. The van der Waals surface area contributed by atoms with Gasteiger partial charge in [0.15, 0.2) is 0 Å². The second-order valence-corrected chi connectivity index (χ2v) is 9.67. The number of aliphatic carboxylic acids is 1. The zero-order valence-electron chi connectivity index (χ0n) is 18.2. The van der Waals surface area contributed by atoms with Crippen molar-refractivity contribution in [2.75, 3.05) is 20.4 Å². The SMILES string of the molecule is CNC(=O)C(OC)[n+]1cn2cc(C3=C(C(=O)[O-])N4C(=O)[C@H]([C@@H](C)O)[C@H]4[C@H]3C)sc2c1SC. The van der Waals surface area contributed by atoms with Crippen molar-refractivity contribution in [3.05, 3.63) is 23.1 Å². The topological polar surface area (TPSA) is 127 Å². The van der Waals surface area contributed by atoms with Gasteiger partial charge in [-0.25, -0.2) is 0 Å². The molecule has 0 saturated carbocycles. The Labute approximate surface area is 192 Å². The Balaban J connectivity index is 1.82. The number of methoxy groups -OCH3 is 1. The molecule has 2 aromatic heterocycles. The number of nitrogens with one attached hydrogen (secondary N) is 1. The lowest BCUT2D eigenvalue weighted by Gasteiger charge is -2.47. The summed E-state index contributed by atoms with van der Waals surface area (Å²) in [6.45, 7) is 3.41. The summed E-state index contributed by atoms with van der Waals surface area (Å²) in [7, 11) is 2.98. The van der Waals surface area contributed by atoms with Gasteiger partial charge < -0.3 is 30.0 Å². The van der Waals surface area contributed by atoms with E-state index >= 15 is 0 Å². The number of imidazole rings is 1. The van der Waals surface area contributed by atoms with Gasteiger partial charge in [-0.05, 0) is 13.2 Å². The third kappa shape index (κ3) is 3.08. The monoisotopic (exact) mass is 480 g/mol. The van der Waals surface area contributed by atoms with Crippen molar-refractivity contribution in [1.82, 2.24) is 14.6 Å². The fraction of sp³-hybridized carbons (Fsp3) is 0.500. The number of thioether (sulfide) groups is 1. The number of carboxylic acid groups (broad SMARTS) is 1. The predicted molar refractivity (Wildman–Crippen MR) is 114 cm³/mol. The van der Waals surface area contributed by atoms with Gasteiger partial charge in [0.2, 0.25) is 15.8 Å². The molecule has 4 heterocycles. The van der Waals surface area contributed by atoms with E-state index in [1.165, 1.54) is 42.2 Å². The second-order valence-electron chi connectivity index (χ2n) is 7.85. The average molecular weight is 481 g/mol. The first-order chi connectivity index (χ1) is 15.2. The lowest BCUT2D eigenvalue weighted by Crippen LogP contribution is -2.64. The Morgan fingerprint density at radius 1 is 1.44 bits per heavy atom. The quantitative estimate of drug-likeness (QED) is 0.302. The van der Waals surface area contributed by atoms with Gasteiger partial charge in [-0.2, -0.15) is 8.97 Å². The molecule has 32 heavy (non-hydrogen) atoms. The van der Waals surface area contributed by atoms with E-state index in [0.29, 0.717) is 10.5 Å². The standard InChI is InChI=1S/C20H24N4O6S2/c1-8-11(14(20(28)29)24-13(8)12(9(2)25)16(24)27)10-6-22-7-23(17(30-4)15(26)21-3)19(31-5)18(22)32-10/h6-9,12-13,17,25H,1-5H3,(H-,21,26,28,29)/t8-,9+,12+,13+,17?/m0/s1. The molecule has 1 saturated heterocycles. The summed E-state index contributed by atoms with van der Waals surface area (Å²) in [4.78, 5) is 39.6. The minimum atomic E-state index is -1.41. The molecule has 4 rings (SSSR count). The maximum absolute atomic E-state index is 12.6. The number of thiazole rings is 1. The van der Waals surface area contributed by atoms with Crippen LogP contribution in [0.25, 0.3) is 10.4 Å². The molecule has 2 N–H and O–H groups in total. The van der Waals surface area contributed by atoms with Gasteiger partial charge >= 0.3 is 0 Å². The summed E-state index contributed by atoms with van der Waals surface area (Å²) in [6, 6.07) is -0.414. The van der Waals surface area contributed by atoms with E-state index in [1.807, 2.05) is 17.6 Å². The number of carboxylic acids is 1. The molecule has 5 atom stereocenters. The molecule has 1 unspecified atom stereocenters. The number of aliphatic hydroxyl groups excluding tert-OH is 1. The van der Waals surface area contributed by atoms with E-state index in [9.17, 15) is 24.6 Å². The Morgan fingerprint density at radius 2 is 2.12 bits per heavy atom. The molecule has 2 aromatic rings. The number of β-lactam (4-membered cyclic amide) rings is 1. The van der Waals surface area contributed by atoms with E-state index in [-0.39, 0.29) is 17.5 Å². The van der Waals surface area contributed by atoms with E-state index in [0.717, 1.165) is 9.86 Å². The number of aromatic nitrogens is 2. The second kappa shape index (κ2) is 8.18. The zero-order chi connectivity index (χ0) is 23.5. The molecular weight excluding hydrogens is 456 g/mol. The molecule has 2 aliphatic rings. The van der Waals surface area contributed by atoms with Crippen LogP contribution in [0.5, 0.6) is 0 Å². The normalized spacial score (nSPS) is 24.5. The number of ether oxygens (including phenoxy) is 1. The van der Waals surface area contributed by atoms with Crippen molar-refractivity contribution in [1.29, 1.82) is 0 Å². The Kier molecular flexibility index (Phi) is 5.82. The lowest BCUT2D eigenvalue weighted by atomic mass is 9.77. The maximum Gasteiger partial charge on any atom is 0.294 e. The lowest BCUT2D eigenvalue weighted by molar-refractivity contribution is -0.774. The third-order valence-electron chi connectivity index (χ3n) is 6.13. The van der Waals surface area contributed by atoms with E-state index in [1.54, 1.807) is 24.0 Å². The Hall–Kier alpha value is -2.41. The maximum atomic E-state index is 12.6. The van der Waals surface area contributed by atoms with Crippen molar-refractivity contribution in [2.24, 2.45) is 11.8 Å². The summed E-state index contributed by atoms with van der Waals surface area (Å²) in [5.74, 6) is -3.04. The van der Waals surface area contributed by atoms with Crippen LogP contribution in [-0.2, 0) is 19.1 Å². The molecule has 2 aliphatic heterocycles. The van der Waals surface area contributed by atoms with Crippen molar-refractivity contribution >= 4 is 51.3 Å². The Morgan fingerprint density at radius 3 is 2.66 bits per heavy atom. The average Bonchev–Trinajstić information content (AvgIpc) is 3.35. The summed E-state index contributed by atoms with van der Waals surface area (Å²) in [5, 5.41) is 25.4. The zero-order valence-corrected chi connectivity index (χ0v) is 19.8. The molecule has 1 fully saturated rings. The first-order valence-corrected chi connectivity index (χ1v) is 12.0. The molecular formula is C20H24N4O6S2. The number of nitrogens with zero attached hydrogens (tertiary/aromatic N) is 3. The number of carbonyl (C=O) groups excluding carboxylic acids is 3. The van der Waals surface area contributed by atoms with Gasteiger partial charge in [0, 0.05) is 25.6 Å². The molecule has 0 spiro atoms. The Bertz CT molecular complexity index is 1150. The highest BCUT2D eigenvalue weighted by Gasteiger charge is 2.59. The van der Waals surface area contributed by atoms with Gasteiger partial charge in [-0.3, -0.25) is 9.59 Å². The van der Waals surface area contributed by atoms with Crippen LogP contribution >= 0.6 is 23.1 Å². The number of carbonyl (C=O) groups is 3. The molecule has 0 bridgehead atoms. The molecule has 10 nitrogen and oxygen atoms in total. The number of hydrogen-bond donors (Lipinski definition) is 2. The number of aliphatic hydroxyl groups is 1. The first-order valence-electron chi connectivity index (χ1n) is 9.98. The van der Waals surface area contributed by atoms with E-state index < -0.39 is 36.2 Å². The predicted octanol–water partition coefficient (Wildman–Crippen LogP) is -0.780. The van der Waals surface area contributed by atoms with Crippen LogP contribution in [0.4, 0.5) is 0 Å². The minimum Gasteiger partial charge on any atom is -0.543 e. The highest BCUT2D eigenvalue weighted by atomic mass is 32.2. The van der Waals surface area contributed by atoms with Crippen molar-refractivity contribution < 1.29 is 33.9 Å². The van der Waals surface area contributed by atoms with Gasteiger partial charge in [-0.15, -0.1) is 0 Å².